The second kappa shape index (κ2) is 9.81. The predicted octanol–water partition coefficient (Wildman–Crippen LogP) is 5.83. The molecule has 8 heteroatoms. The standard InChI is InChI=1S/C25H25ClN2O3S2/c1-17(2)14-22(18-8-4-3-5-9-18)27-33(30,31)20-12-13-23-24(15-20)32-25(29)28(23)16-19-10-6-7-11-21(19)26/h3-13,15,17,22,27H,14,16H2,1-2H3/t22-/m1/s1. The number of nitrogens with zero attached hydrogens (tertiary/aromatic N) is 1. The summed E-state index contributed by atoms with van der Waals surface area (Å²) >= 11 is 7.30. The molecular weight excluding hydrogens is 476 g/mol. The van der Waals surface area contributed by atoms with Crippen molar-refractivity contribution in [3.63, 3.8) is 0 Å². The molecule has 0 aliphatic carbocycles. The first-order valence-corrected chi connectivity index (χ1v) is 13.4. The second-order valence-corrected chi connectivity index (χ2v) is 11.5. The van der Waals surface area contributed by atoms with Crippen molar-refractivity contribution < 1.29 is 8.42 Å². The third-order valence-electron chi connectivity index (χ3n) is 5.44. The van der Waals surface area contributed by atoms with E-state index in [1.807, 2.05) is 48.5 Å². The molecule has 172 valence electrons. The van der Waals surface area contributed by atoms with Crippen LogP contribution in [0.2, 0.25) is 5.02 Å². The molecule has 1 heterocycles. The average molecular weight is 501 g/mol. The van der Waals surface area contributed by atoms with Crippen molar-refractivity contribution in [1.29, 1.82) is 0 Å². The highest BCUT2D eigenvalue weighted by atomic mass is 35.5. The number of hydrogen-bond donors (Lipinski definition) is 1. The van der Waals surface area contributed by atoms with Gasteiger partial charge in [-0.05, 0) is 47.7 Å². The van der Waals surface area contributed by atoms with E-state index in [1.54, 1.807) is 28.8 Å². The van der Waals surface area contributed by atoms with Crippen LogP contribution in [0.5, 0.6) is 0 Å². The number of aromatic nitrogens is 1. The maximum Gasteiger partial charge on any atom is 0.308 e. The van der Waals surface area contributed by atoms with Gasteiger partial charge < -0.3 is 0 Å². The zero-order valence-electron chi connectivity index (χ0n) is 18.4. The quantitative estimate of drug-likeness (QED) is 0.331. The zero-order chi connectivity index (χ0) is 23.6. The van der Waals surface area contributed by atoms with Crippen LogP contribution in [0.15, 0.2) is 82.5 Å². The van der Waals surface area contributed by atoms with Crippen molar-refractivity contribution in [3.8, 4) is 0 Å². The number of sulfonamides is 1. The number of nitrogens with one attached hydrogen (secondary N) is 1. The molecule has 0 spiro atoms. The number of hydrogen-bond acceptors (Lipinski definition) is 4. The third-order valence-corrected chi connectivity index (χ3v) is 8.22. The minimum absolute atomic E-state index is 0.144. The third kappa shape index (κ3) is 5.38. The van der Waals surface area contributed by atoms with Crippen LogP contribution < -0.4 is 9.60 Å². The average Bonchev–Trinajstić information content (AvgIpc) is 3.09. The van der Waals surface area contributed by atoms with Gasteiger partial charge in [0.15, 0.2) is 0 Å². The van der Waals surface area contributed by atoms with Crippen LogP contribution in [-0.4, -0.2) is 13.0 Å². The lowest BCUT2D eigenvalue weighted by atomic mass is 9.98. The Labute approximate surface area is 202 Å². The molecule has 33 heavy (non-hydrogen) atoms. The summed E-state index contributed by atoms with van der Waals surface area (Å²) in [6.45, 7) is 4.46. The topological polar surface area (TPSA) is 68.2 Å². The van der Waals surface area contributed by atoms with Crippen LogP contribution in [0.25, 0.3) is 10.2 Å². The van der Waals surface area contributed by atoms with Crippen LogP contribution in [0.1, 0.15) is 37.4 Å². The van der Waals surface area contributed by atoms with E-state index in [9.17, 15) is 13.2 Å². The molecule has 0 aliphatic rings. The van der Waals surface area contributed by atoms with Crippen LogP contribution >= 0.6 is 22.9 Å². The zero-order valence-corrected chi connectivity index (χ0v) is 20.8. The molecule has 0 radical (unpaired) electrons. The SMILES string of the molecule is CC(C)C[C@@H](NS(=O)(=O)c1ccc2c(c1)sc(=O)n2Cc1ccccc1Cl)c1ccccc1. The molecule has 5 nitrogen and oxygen atoms in total. The van der Waals surface area contributed by atoms with Gasteiger partial charge in [0.2, 0.25) is 10.0 Å². The summed E-state index contributed by atoms with van der Waals surface area (Å²) in [5.41, 5.74) is 2.44. The number of fused-ring (bicyclic) bond motifs is 1. The smallest absolute Gasteiger partial charge is 0.294 e. The number of halogens is 1. The summed E-state index contributed by atoms with van der Waals surface area (Å²) in [5.74, 6) is 0.310. The minimum Gasteiger partial charge on any atom is -0.294 e. The van der Waals surface area contributed by atoms with Gasteiger partial charge >= 0.3 is 4.87 Å². The van der Waals surface area contributed by atoms with Gasteiger partial charge in [-0.2, -0.15) is 0 Å². The Balaban J connectivity index is 1.66. The van der Waals surface area contributed by atoms with Gasteiger partial charge in [-0.1, -0.05) is 85.3 Å². The molecule has 1 N–H and O–H groups in total. The van der Waals surface area contributed by atoms with E-state index in [2.05, 4.69) is 18.6 Å². The summed E-state index contributed by atoms with van der Waals surface area (Å²) in [7, 11) is -3.79. The Hall–Kier alpha value is -2.45. The summed E-state index contributed by atoms with van der Waals surface area (Å²) < 4.78 is 31.6. The number of rotatable bonds is 8. The van der Waals surface area contributed by atoms with Crippen LogP contribution in [-0.2, 0) is 16.6 Å². The molecule has 1 atom stereocenters. The van der Waals surface area contributed by atoms with Crippen LogP contribution in [0, 0.1) is 5.92 Å². The van der Waals surface area contributed by atoms with E-state index in [1.165, 1.54) is 0 Å². The molecule has 0 aliphatic heterocycles. The van der Waals surface area contributed by atoms with Crippen molar-refractivity contribution in [1.82, 2.24) is 9.29 Å². The lowest BCUT2D eigenvalue weighted by Gasteiger charge is -2.21. The van der Waals surface area contributed by atoms with Crippen molar-refractivity contribution in [2.24, 2.45) is 5.92 Å². The fraction of sp³-hybridized carbons (Fsp3) is 0.240. The molecule has 0 saturated carbocycles. The molecule has 0 fully saturated rings. The van der Waals surface area contributed by atoms with Crippen molar-refractivity contribution >= 4 is 43.2 Å². The van der Waals surface area contributed by atoms with E-state index in [0.29, 0.717) is 34.1 Å². The van der Waals surface area contributed by atoms with Crippen molar-refractivity contribution in [2.75, 3.05) is 0 Å². The Morgan fingerprint density at radius 2 is 1.70 bits per heavy atom. The first-order valence-electron chi connectivity index (χ1n) is 10.7. The van der Waals surface area contributed by atoms with Crippen molar-refractivity contribution in [2.45, 2.75) is 37.8 Å². The van der Waals surface area contributed by atoms with E-state index < -0.39 is 10.0 Å². The first-order chi connectivity index (χ1) is 15.7. The predicted molar refractivity (Wildman–Crippen MR) is 136 cm³/mol. The molecule has 0 bridgehead atoms. The molecule has 4 rings (SSSR count). The number of thiazole rings is 1. The Morgan fingerprint density at radius 1 is 1.00 bits per heavy atom. The molecule has 1 aromatic heterocycles. The summed E-state index contributed by atoms with van der Waals surface area (Å²) in [5, 5.41) is 0.587. The van der Waals surface area contributed by atoms with Gasteiger partial charge in [0.05, 0.1) is 21.7 Å². The minimum atomic E-state index is -3.79. The van der Waals surface area contributed by atoms with E-state index in [-0.39, 0.29) is 15.8 Å². The maximum atomic E-state index is 13.3. The van der Waals surface area contributed by atoms with Gasteiger partial charge in [-0.15, -0.1) is 0 Å². The molecule has 0 amide bonds. The summed E-state index contributed by atoms with van der Waals surface area (Å²) in [6, 6.07) is 21.4. The van der Waals surface area contributed by atoms with E-state index in [0.717, 1.165) is 22.5 Å². The van der Waals surface area contributed by atoms with Gasteiger partial charge in [0.1, 0.15) is 0 Å². The van der Waals surface area contributed by atoms with Crippen LogP contribution in [0.4, 0.5) is 0 Å². The monoisotopic (exact) mass is 500 g/mol. The van der Waals surface area contributed by atoms with Crippen molar-refractivity contribution in [3.05, 3.63) is 98.6 Å². The molecule has 0 unspecified atom stereocenters. The lowest BCUT2D eigenvalue weighted by molar-refractivity contribution is 0.472. The molecule has 3 aromatic carbocycles. The Morgan fingerprint density at radius 3 is 2.39 bits per heavy atom. The number of benzene rings is 3. The highest BCUT2D eigenvalue weighted by Crippen LogP contribution is 2.27. The maximum absolute atomic E-state index is 13.3. The highest BCUT2D eigenvalue weighted by Gasteiger charge is 2.23. The Kier molecular flexibility index (Phi) is 7.05. The fourth-order valence-corrected chi connectivity index (χ4v) is 6.29. The summed E-state index contributed by atoms with van der Waals surface area (Å²) in [6.07, 6.45) is 0.674. The van der Waals surface area contributed by atoms with Gasteiger partial charge in [-0.3, -0.25) is 9.36 Å². The second-order valence-electron chi connectivity index (χ2n) is 8.39. The molecule has 0 saturated heterocycles. The van der Waals surface area contributed by atoms with Gasteiger partial charge in [-0.25, -0.2) is 13.1 Å². The van der Waals surface area contributed by atoms with Gasteiger partial charge in [0, 0.05) is 11.1 Å². The largest absolute Gasteiger partial charge is 0.308 e. The first kappa shape index (κ1) is 23.7. The molecular formula is C25H25ClN2O3S2. The normalized spacial score (nSPS) is 13.0. The fourth-order valence-electron chi connectivity index (χ4n) is 3.82. The van der Waals surface area contributed by atoms with E-state index >= 15 is 0 Å². The van der Waals surface area contributed by atoms with E-state index in [4.69, 9.17) is 11.6 Å². The van der Waals surface area contributed by atoms with Gasteiger partial charge in [0.25, 0.3) is 0 Å². The Bertz CT molecular complexity index is 1430. The van der Waals surface area contributed by atoms with Crippen LogP contribution in [0.3, 0.4) is 0 Å². The molecule has 4 aromatic rings. The lowest BCUT2D eigenvalue weighted by Crippen LogP contribution is -2.29. The summed E-state index contributed by atoms with van der Waals surface area (Å²) in [4.78, 5) is 12.7. The highest BCUT2D eigenvalue weighted by molar-refractivity contribution is 7.89.